The summed E-state index contributed by atoms with van der Waals surface area (Å²) < 4.78 is 13.8. The van der Waals surface area contributed by atoms with Crippen LogP contribution in [-0.2, 0) is 0 Å². The van der Waals surface area contributed by atoms with Crippen molar-refractivity contribution in [3.63, 3.8) is 0 Å². The highest BCUT2D eigenvalue weighted by atomic mass is 19.1. The summed E-state index contributed by atoms with van der Waals surface area (Å²) in [5, 5.41) is 1.58. The van der Waals surface area contributed by atoms with Crippen LogP contribution in [0.15, 0.2) is 36.4 Å². The second-order valence-electron chi connectivity index (χ2n) is 4.71. The molecule has 0 amide bonds. The van der Waals surface area contributed by atoms with E-state index in [0.717, 1.165) is 17.4 Å². The first-order valence-electron chi connectivity index (χ1n) is 6.32. The quantitative estimate of drug-likeness (QED) is 0.639. The third-order valence-electron chi connectivity index (χ3n) is 3.63. The number of halogens is 1. The van der Waals surface area contributed by atoms with Crippen molar-refractivity contribution >= 4 is 10.8 Å². The molecule has 2 unspecified atom stereocenters. The minimum Gasteiger partial charge on any atom is -0.271 e. The van der Waals surface area contributed by atoms with Crippen molar-refractivity contribution in [3.8, 4) is 0 Å². The Balaban J connectivity index is 2.60. The molecule has 0 saturated heterocycles. The van der Waals surface area contributed by atoms with Gasteiger partial charge in [-0.05, 0) is 22.9 Å². The lowest BCUT2D eigenvalue weighted by molar-refractivity contribution is 0.385. The van der Waals surface area contributed by atoms with Crippen molar-refractivity contribution < 1.29 is 4.39 Å². The van der Waals surface area contributed by atoms with Crippen molar-refractivity contribution in [3.05, 3.63) is 47.8 Å². The predicted molar refractivity (Wildman–Crippen MR) is 73.4 cm³/mol. The monoisotopic (exact) mass is 246 g/mol. The Labute approximate surface area is 107 Å². The number of hydrazine groups is 1. The lowest BCUT2D eigenvalue weighted by atomic mass is 9.89. The van der Waals surface area contributed by atoms with E-state index in [1.54, 1.807) is 6.07 Å². The molecule has 18 heavy (non-hydrogen) atoms. The van der Waals surface area contributed by atoms with Crippen molar-refractivity contribution in [2.45, 2.75) is 26.3 Å². The van der Waals surface area contributed by atoms with Gasteiger partial charge in [0.15, 0.2) is 0 Å². The fourth-order valence-electron chi connectivity index (χ4n) is 2.35. The maximum atomic E-state index is 13.8. The Morgan fingerprint density at radius 3 is 2.44 bits per heavy atom. The van der Waals surface area contributed by atoms with E-state index < -0.39 is 0 Å². The Hall–Kier alpha value is -1.45. The molecule has 0 aromatic heterocycles. The summed E-state index contributed by atoms with van der Waals surface area (Å²) in [6, 6.07) is 10.9. The molecule has 0 radical (unpaired) electrons. The number of hydrogen-bond acceptors (Lipinski definition) is 2. The van der Waals surface area contributed by atoms with Gasteiger partial charge in [0.2, 0.25) is 0 Å². The number of nitrogens with one attached hydrogen (secondary N) is 1. The largest absolute Gasteiger partial charge is 0.271 e. The zero-order valence-corrected chi connectivity index (χ0v) is 10.8. The van der Waals surface area contributed by atoms with Crippen molar-refractivity contribution in [2.75, 3.05) is 0 Å². The summed E-state index contributed by atoms with van der Waals surface area (Å²) in [6.45, 7) is 4.27. The van der Waals surface area contributed by atoms with Gasteiger partial charge in [-0.1, -0.05) is 50.6 Å². The van der Waals surface area contributed by atoms with Crippen LogP contribution in [0.5, 0.6) is 0 Å². The van der Waals surface area contributed by atoms with Crippen LogP contribution in [0.3, 0.4) is 0 Å². The average molecular weight is 246 g/mol. The van der Waals surface area contributed by atoms with Crippen LogP contribution >= 0.6 is 0 Å². The summed E-state index contributed by atoms with van der Waals surface area (Å²) in [5.74, 6) is 5.87. The minimum absolute atomic E-state index is 0.0421. The van der Waals surface area contributed by atoms with E-state index in [2.05, 4.69) is 19.3 Å². The Bertz CT molecular complexity index is 539. The molecule has 2 rings (SSSR count). The second-order valence-corrected chi connectivity index (χ2v) is 4.71. The van der Waals surface area contributed by atoms with Crippen LogP contribution in [0, 0.1) is 11.7 Å². The predicted octanol–water partition coefficient (Wildman–Crippen LogP) is 3.53. The van der Waals surface area contributed by atoms with E-state index in [1.807, 2.05) is 24.3 Å². The van der Waals surface area contributed by atoms with Gasteiger partial charge in [-0.3, -0.25) is 11.3 Å². The van der Waals surface area contributed by atoms with E-state index >= 15 is 0 Å². The van der Waals surface area contributed by atoms with E-state index in [4.69, 9.17) is 5.84 Å². The molecule has 2 nitrogen and oxygen atoms in total. The van der Waals surface area contributed by atoms with E-state index in [0.29, 0.717) is 11.3 Å². The first-order valence-corrected chi connectivity index (χ1v) is 6.32. The maximum absolute atomic E-state index is 13.8. The SMILES string of the molecule is CCC(C)C(NN)c1ccc(F)c2ccccc12. The number of fused-ring (bicyclic) bond motifs is 1. The molecule has 0 fully saturated rings. The van der Waals surface area contributed by atoms with E-state index in [1.165, 1.54) is 6.07 Å². The number of nitrogens with two attached hydrogens (primary N) is 1. The standard InChI is InChI=1S/C15H19FN2/c1-3-10(2)15(18-17)13-8-9-14(16)12-7-5-4-6-11(12)13/h4-10,15,18H,3,17H2,1-2H3. The van der Waals surface area contributed by atoms with Gasteiger partial charge in [0.05, 0.1) is 0 Å². The van der Waals surface area contributed by atoms with Gasteiger partial charge < -0.3 is 0 Å². The molecule has 2 atom stereocenters. The van der Waals surface area contributed by atoms with Crippen LogP contribution in [0.4, 0.5) is 4.39 Å². The molecule has 0 aliphatic rings. The number of hydrogen-bond donors (Lipinski definition) is 2. The maximum Gasteiger partial charge on any atom is 0.131 e. The van der Waals surface area contributed by atoms with Gasteiger partial charge in [-0.15, -0.1) is 0 Å². The highest BCUT2D eigenvalue weighted by molar-refractivity contribution is 5.86. The van der Waals surface area contributed by atoms with Crippen LogP contribution in [0.1, 0.15) is 31.9 Å². The fourth-order valence-corrected chi connectivity index (χ4v) is 2.35. The van der Waals surface area contributed by atoms with Gasteiger partial charge in [0.1, 0.15) is 5.82 Å². The third kappa shape index (κ3) is 2.24. The topological polar surface area (TPSA) is 38.0 Å². The highest BCUT2D eigenvalue weighted by Gasteiger charge is 2.19. The molecule has 96 valence electrons. The van der Waals surface area contributed by atoms with E-state index in [-0.39, 0.29) is 11.9 Å². The van der Waals surface area contributed by atoms with Crippen LogP contribution < -0.4 is 11.3 Å². The Morgan fingerprint density at radius 2 is 1.83 bits per heavy atom. The molecule has 0 aliphatic heterocycles. The molecule has 0 heterocycles. The van der Waals surface area contributed by atoms with Gasteiger partial charge in [0, 0.05) is 11.4 Å². The van der Waals surface area contributed by atoms with Gasteiger partial charge in [-0.2, -0.15) is 0 Å². The molecule has 3 heteroatoms. The minimum atomic E-state index is -0.186. The van der Waals surface area contributed by atoms with Gasteiger partial charge in [0.25, 0.3) is 0 Å². The van der Waals surface area contributed by atoms with Crippen molar-refractivity contribution in [2.24, 2.45) is 11.8 Å². The summed E-state index contributed by atoms with van der Waals surface area (Å²) in [7, 11) is 0. The molecule has 2 aromatic carbocycles. The fraction of sp³-hybridized carbons (Fsp3) is 0.333. The summed E-state index contributed by atoms with van der Waals surface area (Å²) in [6.07, 6.45) is 1.01. The number of rotatable bonds is 4. The molecule has 0 aliphatic carbocycles. The molecular weight excluding hydrogens is 227 g/mol. The van der Waals surface area contributed by atoms with Gasteiger partial charge in [-0.25, -0.2) is 4.39 Å². The summed E-state index contributed by atoms with van der Waals surface area (Å²) in [5.41, 5.74) is 3.92. The lowest BCUT2D eigenvalue weighted by Crippen LogP contribution is -2.32. The van der Waals surface area contributed by atoms with Crippen molar-refractivity contribution in [1.29, 1.82) is 0 Å². The zero-order valence-electron chi connectivity index (χ0n) is 10.8. The van der Waals surface area contributed by atoms with Crippen LogP contribution in [0.25, 0.3) is 10.8 Å². The third-order valence-corrected chi connectivity index (χ3v) is 3.63. The molecule has 0 spiro atoms. The number of benzene rings is 2. The van der Waals surface area contributed by atoms with Crippen molar-refractivity contribution in [1.82, 2.24) is 5.43 Å². The molecule has 3 N–H and O–H groups in total. The normalized spacial score (nSPS) is 14.7. The smallest absolute Gasteiger partial charge is 0.131 e. The first kappa shape index (κ1) is 13.0. The highest BCUT2D eigenvalue weighted by Crippen LogP contribution is 2.31. The lowest BCUT2D eigenvalue weighted by Gasteiger charge is -2.24. The molecule has 2 aromatic rings. The Kier molecular flexibility index (Phi) is 3.94. The second kappa shape index (κ2) is 5.46. The van der Waals surface area contributed by atoms with Crippen LogP contribution in [0.2, 0.25) is 0 Å². The van der Waals surface area contributed by atoms with E-state index in [9.17, 15) is 4.39 Å². The van der Waals surface area contributed by atoms with Crippen LogP contribution in [-0.4, -0.2) is 0 Å². The Morgan fingerprint density at radius 1 is 1.17 bits per heavy atom. The first-order chi connectivity index (χ1) is 8.69. The molecule has 0 saturated carbocycles. The van der Waals surface area contributed by atoms with Gasteiger partial charge >= 0.3 is 0 Å². The average Bonchev–Trinajstić information content (AvgIpc) is 2.42. The molecular formula is C15H19FN2. The summed E-state index contributed by atoms with van der Waals surface area (Å²) in [4.78, 5) is 0. The summed E-state index contributed by atoms with van der Waals surface area (Å²) >= 11 is 0. The zero-order chi connectivity index (χ0) is 13.1. The molecule has 0 bridgehead atoms.